The SMILES string of the molecule is CC(O)C1NC(=O)C(NC(=O)c2ccc(-c3nnc(-c4ccc(C5CCCCC5)cc4)s3)cc2)CC(O)CNC(=O)C2C(O)C(C)CN2C(=O)C(C(O)CC(N)=O)NC(=O)C(C(O)Cc2ccc(O)c(OSOO[O-])c2)NC(=O)C2CC(O)CN2C1=O.[Na+]. The molecule has 88 heavy (non-hydrogen) atoms. The van der Waals surface area contributed by atoms with E-state index in [-0.39, 0.29) is 58.8 Å². The molecule has 13 unspecified atom stereocenters. The van der Waals surface area contributed by atoms with Gasteiger partial charge in [0.05, 0.1) is 43.0 Å². The molecule has 1 saturated carbocycles. The van der Waals surface area contributed by atoms with Gasteiger partial charge in [-0.05, 0) is 61.1 Å². The van der Waals surface area contributed by atoms with Crippen molar-refractivity contribution in [2.24, 2.45) is 11.7 Å². The molecule has 4 fully saturated rings. The van der Waals surface area contributed by atoms with E-state index >= 15 is 0 Å². The number of amides is 8. The van der Waals surface area contributed by atoms with E-state index < -0.39 is 177 Å². The molecule has 0 spiro atoms. The Kier molecular flexibility index (Phi) is 24.6. The van der Waals surface area contributed by atoms with Crippen LogP contribution in [0.1, 0.15) is 92.6 Å². The first kappa shape index (κ1) is 69.1. The van der Waals surface area contributed by atoms with Crippen LogP contribution in [0.2, 0.25) is 0 Å². The third kappa shape index (κ3) is 17.1. The van der Waals surface area contributed by atoms with Crippen LogP contribution >= 0.6 is 23.7 Å². The number of nitrogens with one attached hydrogen (secondary N) is 5. The molecule has 14 N–H and O–H groups in total. The zero-order chi connectivity index (χ0) is 62.8. The van der Waals surface area contributed by atoms with E-state index in [2.05, 4.69) is 58.3 Å². The van der Waals surface area contributed by atoms with E-state index in [9.17, 15) is 79.4 Å². The Morgan fingerprint density at radius 1 is 0.784 bits per heavy atom. The van der Waals surface area contributed by atoms with Gasteiger partial charge in [-0.15, -0.1) is 14.5 Å². The number of rotatable bonds is 16. The van der Waals surface area contributed by atoms with E-state index in [0.29, 0.717) is 21.5 Å². The topological polar surface area (TPSA) is 447 Å². The first-order chi connectivity index (χ1) is 41.5. The second-order valence-corrected chi connectivity index (χ2v) is 23.6. The third-order valence-corrected chi connectivity index (χ3v) is 17.2. The van der Waals surface area contributed by atoms with Crippen LogP contribution in [0.3, 0.4) is 0 Å². The van der Waals surface area contributed by atoms with Gasteiger partial charge in [-0.1, -0.05) is 80.0 Å². The number of aromatic hydroxyl groups is 1. The monoisotopic (exact) mass is 1270 g/mol. The molecule has 1 aliphatic carbocycles. The number of carbonyl (C=O) groups is 8. The molecule has 8 amide bonds. The summed E-state index contributed by atoms with van der Waals surface area (Å²) < 4.78 is 9.15. The number of hydrogen-bond acceptors (Lipinski definition) is 23. The van der Waals surface area contributed by atoms with Crippen molar-refractivity contribution in [2.45, 2.75) is 150 Å². The summed E-state index contributed by atoms with van der Waals surface area (Å²) in [6.45, 7) is 0.876. The molecule has 29 nitrogen and oxygen atoms in total. The Morgan fingerprint density at radius 3 is 2.05 bits per heavy atom. The van der Waals surface area contributed by atoms with Crippen LogP contribution in [0.25, 0.3) is 21.1 Å². The second-order valence-electron chi connectivity index (χ2n) is 22.2. The molecule has 13 atom stereocenters. The van der Waals surface area contributed by atoms with Gasteiger partial charge in [-0.3, -0.25) is 43.4 Å². The first-order valence-electron chi connectivity index (χ1n) is 28.1. The molecular weight excluding hydrogens is 1200 g/mol. The molecule has 3 aliphatic heterocycles. The number of hydrogen-bond donors (Lipinski definition) is 13. The molecule has 0 bridgehead atoms. The maximum Gasteiger partial charge on any atom is 1.00 e. The predicted molar refractivity (Wildman–Crippen MR) is 304 cm³/mol. The van der Waals surface area contributed by atoms with Crippen LogP contribution in [0.5, 0.6) is 11.5 Å². The molecule has 4 heterocycles. The van der Waals surface area contributed by atoms with Crippen molar-refractivity contribution in [3.05, 3.63) is 83.4 Å². The minimum Gasteiger partial charge on any atom is -0.691 e. The largest absolute Gasteiger partial charge is 1.00 e. The molecule has 3 aromatic carbocycles. The van der Waals surface area contributed by atoms with E-state index in [0.717, 1.165) is 47.3 Å². The maximum atomic E-state index is 14.7. The van der Waals surface area contributed by atoms with Gasteiger partial charge >= 0.3 is 29.6 Å². The fraction of sp³-hybridized carbons (Fsp3) is 0.500. The van der Waals surface area contributed by atoms with Gasteiger partial charge < -0.3 is 87.3 Å². The minimum absolute atomic E-state index is 0. The van der Waals surface area contributed by atoms with Crippen molar-refractivity contribution in [3.63, 3.8) is 0 Å². The zero-order valence-electron chi connectivity index (χ0n) is 48.1. The van der Waals surface area contributed by atoms with Gasteiger partial charge in [0.1, 0.15) is 46.3 Å². The van der Waals surface area contributed by atoms with Crippen LogP contribution in [0, 0.1) is 5.92 Å². The zero-order valence-corrected chi connectivity index (χ0v) is 51.8. The molecule has 32 heteroatoms. The number of carbonyl (C=O) groups excluding carboxylic acids is 8. The minimum atomic E-state index is -2.22. The van der Waals surface area contributed by atoms with Crippen molar-refractivity contribution in [3.8, 4) is 32.6 Å². The van der Waals surface area contributed by atoms with Gasteiger partial charge in [0.15, 0.2) is 11.5 Å². The molecule has 8 rings (SSSR count). The van der Waals surface area contributed by atoms with Crippen molar-refractivity contribution < 1.29 is 122 Å². The second kappa shape index (κ2) is 31.3. The summed E-state index contributed by atoms with van der Waals surface area (Å²) in [7, 11) is 0. The van der Waals surface area contributed by atoms with Gasteiger partial charge in [0.2, 0.25) is 41.4 Å². The van der Waals surface area contributed by atoms with Crippen molar-refractivity contribution >= 4 is 70.9 Å². The van der Waals surface area contributed by atoms with E-state index in [1.807, 2.05) is 12.1 Å². The summed E-state index contributed by atoms with van der Waals surface area (Å²) in [5, 5.41) is 114. The van der Waals surface area contributed by atoms with Crippen LogP contribution in [-0.2, 0) is 49.4 Å². The van der Waals surface area contributed by atoms with Gasteiger partial charge in [-0.2, -0.15) is 0 Å². The summed E-state index contributed by atoms with van der Waals surface area (Å²) in [4.78, 5) is 115. The fourth-order valence-electron chi connectivity index (χ4n) is 11.2. The first-order valence-corrected chi connectivity index (χ1v) is 29.6. The molecule has 3 saturated heterocycles. The Balaban J connectivity index is 0.0000110. The smallest absolute Gasteiger partial charge is 0.691 e. The normalized spacial score (nSPS) is 26.4. The standard InChI is InChI=1S/C56H70N10O19S2.Na/c1-26-24-66-46(47(26)74)52(79)58-23-34(68)20-36(59-48(75)31-11-15-33(16-12-31)54-64-63-53(86-54)32-13-9-30(10-14-32)29-6-4-3-5-7-29)49(76)60-43(27(2)67)55(80)65-25-35(69)21-37(65)50(77)61-44(51(78)62-45(56(66)81)40(72)22-42(57)73)39(71)18-28-8-17-38(70)41(19-28)83-87-85-84-82;/h8-17,19,26-27,29,34-37,39-40,43-47,67-72,74,82H,3-7,18,20-25H2,1-2H3,(H2,57,73)(H,58,79)(H,59,75)(H,60,76)(H,61,77)(H,62,78);/q;+1/p-1. The quantitative estimate of drug-likeness (QED) is 0.0164. The number of phenols is 1. The van der Waals surface area contributed by atoms with Crippen LogP contribution < -0.4 is 71.3 Å². The summed E-state index contributed by atoms with van der Waals surface area (Å²) in [5.41, 5.74) is 8.29. The number of phenolic OH excluding ortho intramolecular Hbond substituents is 1. The predicted octanol–water partition coefficient (Wildman–Crippen LogP) is -5.38. The number of aliphatic hydroxyl groups is 6. The Bertz CT molecular complexity index is 3130. The van der Waals surface area contributed by atoms with Gasteiger partial charge in [0, 0.05) is 61.5 Å². The molecule has 470 valence electrons. The molecule has 4 aromatic rings. The molecular formula is C56H69N10NaO19S2. The number of benzene rings is 3. The molecule has 4 aliphatic rings. The number of aromatic nitrogens is 2. The van der Waals surface area contributed by atoms with E-state index in [1.54, 1.807) is 12.1 Å². The number of β-amino-alcohol motifs (C(OH)–C–C–N with tert-alkyl or cyclic N) is 1. The van der Waals surface area contributed by atoms with Crippen molar-refractivity contribution in [1.29, 1.82) is 0 Å². The number of primary amides is 1. The Hall–Kier alpha value is -6.43. The average molecular weight is 1270 g/mol. The number of nitrogens with zero attached hydrogens (tertiary/aromatic N) is 4. The maximum absolute atomic E-state index is 14.7. The van der Waals surface area contributed by atoms with Crippen molar-refractivity contribution in [2.75, 3.05) is 19.6 Å². The average Bonchev–Trinajstić information content (AvgIpc) is 2.11. The number of fused-ring (bicyclic) bond motifs is 2. The Labute approximate surface area is 534 Å². The van der Waals surface area contributed by atoms with Crippen LogP contribution in [0.4, 0.5) is 0 Å². The van der Waals surface area contributed by atoms with Crippen LogP contribution in [-0.4, -0.2) is 196 Å². The molecule has 1 aromatic heterocycles. The van der Waals surface area contributed by atoms with Crippen molar-refractivity contribution in [1.82, 2.24) is 46.6 Å². The van der Waals surface area contributed by atoms with Crippen LogP contribution in [0.15, 0.2) is 66.7 Å². The molecule has 0 radical (unpaired) electrons. The van der Waals surface area contributed by atoms with Gasteiger partial charge in [-0.25, -0.2) is 0 Å². The van der Waals surface area contributed by atoms with E-state index in [1.165, 1.54) is 61.3 Å². The van der Waals surface area contributed by atoms with Gasteiger partial charge in [0.25, 0.3) is 18.2 Å². The summed E-state index contributed by atoms with van der Waals surface area (Å²) in [6, 6.07) is 6.23. The van der Waals surface area contributed by atoms with E-state index in [4.69, 9.17) is 9.92 Å². The summed E-state index contributed by atoms with van der Waals surface area (Å²) >= 11 is 1.33. The number of nitrogens with two attached hydrogens (primary N) is 1. The fourth-order valence-corrected chi connectivity index (χ4v) is 12.3. The summed E-state index contributed by atoms with van der Waals surface area (Å²) in [6.07, 6.45) is -7.61. The Morgan fingerprint density at radius 2 is 1.41 bits per heavy atom. The number of aliphatic hydroxyl groups excluding tert-OH is 6. The third-order valence-electron chi connectivity index (χ3n) is 15.9. The summed E-state index contributed by atoms with van der Waals surface area (Å²) in [5.74, 6) is -10.6.